The Kier molecular flexibility index (Phi) is 4.09. The molecule has 0 saturated carbocycles. The lowest BCUT2D eigenvalue weighted by atomic mass is 10.1. The van der Waals surface area contributed by atoms with Gasteiger partial charge in [0.1, 0.15) is 17.3 Å². The summed E-state index contributed by atoms with van der Waals surface area (Å²) in [7, 11) is 1.79. The zero-order valence-electron chi connectivity index (χ0n) is 10.9. The number of pyridine rings is 1. The van der Waals surface area contributed by atoms with Crippen LogP contribution in [0.4, 0.5) is 10.2 Å². The second kappa shape index (κ2) is 5.61. The molecule has 0 saturated heterocycles. The summed E-state index contributed by atoms with van der Waals surface area (Å²) in [5, 5.41) is 3.01. The van der Waals surface area contributed by atoms with Crippen LogP contribution in [-0.4, -0.2) is 22.0 Å². The van der Waals surface area contributed by atoms with E-state index in [0.717, 1.165) is 16.4 Å². The molecule has 100 valence electrons. The summed E-state index contributed by atoms with van der Waals surface area (Å²) in [6.45, 7) is 4.10. The van der Waals surface area contributed by atoms with Gasteiger partial charge in [-0.3, -0.25) is 0 Å². The van der Waals surface area contributed by atoms with Gasteiger partial charge >= 0.3 is 0 Å². The lowest BCUT2D eigenvalue weighted by Gasteiger charge is -2.13. The third-order valence-corrected chi connectivity index (χ3v) is 3.40. The second-order valence-electron chi connectivity index (χ2n) is 4.36. The van der Waals surface area contributed by atoms with Crippen molar-refractivity contribution >= 4 is 21.7 Å². The van der Waals surface area contributed by atoms with Gasteiger partial charge in [0.2, 0.25) is 0 Å². The standard InChI is InChI=1S/C13H14BrFN4/c1-7(2)11-10(14)13(16-3)19-12(18-11)9-5-4-8(15)6-17-9/h4-7H,1-3H3,(H,16,18,19). The van der Waals surface area contributed by atoms with Crippen molar-refractivity contribution in [1.29, 1.82) is 0 Å². The summed E-state index contributed by atoms with van der Waals surface area (Å²) < 4.78 is 13.7. The van der Waals surface area contributed by atoms with Crippen molar-refractivity contribution in [2.75, 3.05) is 12.4 Å². The minimum Gasteiger partial charge on any atom is -0.372 e. The summed E-state index contributed by atoms with van der Waals surface area (Å²) in [4.78, 5) is 12.9. The smallest absolute Gasteiger partial charge is 0.180 e. The first-order chi connectivity index (χ1) is 9.02. The third kappa shape index (κ3) is 2.89. The van der Waals surface area contributed by atoms with Crippen molar-refractivity contribution < 1.29 is 4.39 Å². The molecule has 0 aliphatic rings. The van der Waals surface area contributed by atoms with E-state index in [2.05, 4.69) is 50.0 Å². The van der Waals surface area contributed by atoms with Crippen LogP contribution >= 0.6 is 15.9 Å². The minimum absolute atomic E-state index is 0.240. The van der Waals surface area contributed by atoms with E-state index in [-0.39, 0.29) is 11.7 Å². The number of halogens is 2. The van der Waals surface area contributed by atoms with Gasteiger partial charge in [-0.05, 0) is 34.0 Å². The van der Waals surface area contributed by atoms with Gasteiger partial charge in [-0.1, -0.05) is 13.8 Å². The van der Waals surface area contributed by atoms with E-state index in [1.807, 2.05) is 0 Å². The predicted octanol–water partition coefficient (Wildman–Crippen LogP) is 3.61. The lowest BCUT2D eigenvalue weighted by Crippen LogP contribution is -2.05. The number of hydrogen-bond donors (Lipinski definition) is 1. The van der Waals surface area contributed by atoms with Gasteiger partial charge in [-0.25, -0.2) is 19.3 Å². The van der Waals surface area contributed by atoms with Crippen LogP contribution in [0.15, 0.2) is 22.8 Å². The van der Waals surface area contributed by atoms with Gasteiger partial charge < -0.3 is 5.32 Å². The average Bonchev–Trinajstić information content (AvgIpc) is 2.39. The van der Waals surface area contributed by atoms with E-state index in [9.17, 15) is 4.39 Å². The Labute approximate surface area is 119 Å². The van der Waals surface area contributed by atoms with Crippen molar-refractivity contribution in [2.24, 2.45) is 0 Å². The van der Waals surface area contributed by atoms with Crippen molar-refractivity contribution in [3.05, 3.63) is 34.3 Å². The second-order valence-corrected chi connectivity index (χ2v) is 5.15. The molecule has 2 heterocycles. The van der Waals surface area contributed by atoms with E-state index in [4.69, 9.17) is 0 Å². The molecule has 0 aromatic carbocycles. The molecule has 1 N–H and O–H groups in total. The van der Waals surface area contributed by atoms with Crippen LogP contribution in [0.3, 0.4) is 0 Å². The number of aromatic nitrogens is 3. The Bertz CT molecular complexity index is 584. The van der Waals surface area contributed by atoms with Crippen molar-refractivity contribution in [2.45, 2.75) is 19.8 Å². The number of nitrogens with zero attached hydrogens (tertiary/aromatic N) is 3. The summed E-state index contributed by atoms with van der Waals surface area (Å²) in [5.74, 6) is 1.04. The molecule has 0 amide bonds. The maximum atomic E-state index is 12.9. The fraction of sp³-hybridized carbons (Fsp3) is 0.308. The number of hydrogen-bond acceptors (Lipinski definition) is 4. The summed E-state index contributed by atoms with van der Waals surface area (Å²) in [6, 6.07) is 2.92. The quantitative estimate of drug-likeness (QED) is 0.937. The molecule has 0 fully saturated rings. The Hall–Kier alpha value is -1.56. The normalized spacial score (nSPS) is 10.8. The molecular formula is C13H14BrFN4. The van der Waals surface area contributed by atoms with E-state index in [1.54, 1.807) is 13.1 Å². The highest BCUT2D eigenvalue weighted by Gasteiger charge is 2.15. The Morgan fingerprint density at radius 2 is 2.00 bits per heavy atom. The molecule has 0 radical (unpaired) electrons. The van der Waals surface area contributed by atoms with Gasteiger partial charge in [-0.2, -0.15) is 0 Å². The minimum atomic E-state index is -0.376. The van der Waals surface area contributed by atoms with Gasteiger partial charge in [0.05, 0.1) is 16.4 Å². The van der Waals surface area contributed by atoms with Crippen LogP contribution in [0.5, 0.6) is 0 Å². The highest BCUT2D eigenvalue weighted by molar-refractivity contribution is 9.10. The largest absolute Gasteiger partial charge is 0.372 e. The van der Waals surface area contributed by atoms with Crippen molar-refractivity contribution in [1.82, 2.24) is 15.0 Å². The average molecular weight is 325 g/mol. The molecule has 0 atom stereocenters. The first-order valence-corrected chi connectivity index (χ1v) is 6.69. The SMILES string of the molecule is CNc1nc(-c2ccc(F)cn2)nc(C(C)C)c1Br. The highest BCUT2D eigenvalue weighted by atomic mass is 79.9. The monoisotopic (exact) mass is 324 g/mol. The van der Waals surface area contributed by atoms with Gasteiger partial charge in [0.15, 0.2) is 5.82 Å². The van der Waals surface area contributed by atoms with Crippen LogP contribution in [0.2, 0.25) is 0 Å². The van der Waals surface area contributed by atoms with Gasteiger partial charge in [0.25, 0.3) is 0 Å². The molecule has 0 aliphatic carbocycles. The Morgan fingerprint density at radius 1 is 1.26 bits per heavy atom. The first-order valence-electron chi connectivity index (χ1n) is 5.90. The van der Waals surface area contributed by atoms with E-state index >= 15 is 0 Å². The molecule has 0 spiro atoms. The first kappa shape index (κ1) is 13.9. The van der Waals surface area contributed by atoms with Gasteiger partial charge in [0, 0.05) is 7.05 Å². The van der Waals surface area contributed by atoms with Crippen molar-refractivity contribution in [3.8, 4) is 11.5 Å². The van der Waals surface area contributed by atoms with Crippen LogP contribution in [0, 0.1) is 5.82 Å². The van der Waals surface area contributed by atoms with E-state index < -0.39 is 0 Å². The summed E-state index contributed by atoms with van der Waals surface area (Å²) in [6.07, 6.45) is 1.16. The third-order valence-electron chi connectivity index (χ3n) is 2.62. The predicted molar refractivity (Wildman–Crippen MR) is 76.6 cm³/mol. The van der Waals surface area contributed by atoms with Crippen LogP contribution < -0.4 is 5.32 Å². The molecule has 4 nitrogen and oxygen atoms in total. The zero-order chi connectivity index (χ0) is 14.0. The van der Waals surface area contributed by atoms with Crippen molar-refractivity contribution in [3.63, 3.8) is 0 Å². The van der Waals surface area contributed by atoms with E-state index in [0.29, 0.717) is 17.3 Å². The van der Waals surface area contributed by atoms with Crippen LogP contribution in [-0.2, 0) is 0 Å². The molecular weight excluding hydrogens is 311 g/mol. The zero-order valence-corrected chi connectivity index (χ0v) is 12.5. The highest BCUT2D eigenvalue weighted by Crippen LogP contribution is 2.30. The number of rotatable bonds is 3. The molecule has 6 heteroatoms. The molecule has 2 aromatic rings. The Balaban J connectivity index is 2.57. The molecule has 2 aromatic heterocycles. The molecule has 0 unspecified atom stereocenters. The molecule has 0 bridgehead atoms. The fourth-order valence-corrected chi connectivity index (χ4v) is 2.47. The summed E-state index contributed by atoms with van der Waals surface area (Å²) in [5.41, 5.74) is 1.44. The number of nitrogens with one attached hydrogen (secondary N) is 1. The Morgan fingerprint density at radius 3 is 2.53 bits per heavy atom. The maximum Gasteiger partial charge on any atom is 0.180 e. The van der Waals surface area contributed by atoms with Crippen LogP contribution in [0.25, 0.3) is 11.5 Å². The fourth-order valence-electron chi connectivity index (χ4n) is 1.64. The summed E-state index contributed by atoms with van der Waals surface area (Å²) >= 11 is 3.49. The number of anilines is 1. The van der Waals surface area contributed by atoms with Crippen LogP contribution in [0.1, 0.15) is 25.5 Å². The lowest BCUT2D eigenvalue weighted by molar-refractivity contribution is 0.621. The molecule has 0 aliphatic heterocycles. The topological polar surface area (TPSA) is 50.7 Å². The maximum absolute atomic E-state index is 12.9. The van der Waals surface area contributed by atoms with E-state index in [1.165, 1.54) is 6.07 Å². The van der Waals surface area contributed by atoms with Gasteiger partial charge in [-0.15, -0.1) is 0 Å². The molecule has 19 heavy (non-hydrogen) atoms. The molecule has 2 rings (SSSR count).